The lowest BCUT2D eigenvalue weighted by Gasteiger charge is -2.23. The molecular formula is C16H16INO2. The average molecular weight is 381 g/mol. The van der Waals surface area contributed by atoms with E-state index in [2.05, 4.69) is 22.6 Å². The summed E-state index contributed by atoms with van der Waals surface area (Å²) in [7, 11) is 0. The van der Waals surface area contributed by atoms with E-state index in [0.717, 1.165) is 14.8 Å². The summed E-state index contributed by atoms with van der Waals surface area (Å²) in [5, 5.41) is 9.65. The molecule has 0 spiro atoms. The number of aromatic hydroxyl groups is 1. The summed E-state index contributed by atoms with van der Waals surface area (Å²) in [5.74, 6) is 0.116. The Morgan fingerprint density at radius 2 is 1.95 bits per heavy atom. The Bertz CT molecular complexity index is 640. The highest BCUT2D eigenvalue weighted by Crippen LogP contribution is 2.27. The van der Waals surface area contributed by atoms with Gasteiger partial charge in [-0.2, -0.15) is 0 Å². The molecule has 1 amide bonds. The van der Waals surface area contributed by atoms with Crippen LogP contribution in [0.5, 0.6) is 5.75 Å². The molecule has 4 heteroatoms. The number of anilines is 1. The molecule has 20 heavy (non-hydrogen) atoms. The first-order valence-electron chi connectivity index (χ1n) is 6.40. The van der Waals surface area contributed by atoms with Crippen LogP contribution in [-0.4, -0.2) is 17.6 Å². The Hall–Kier alpha value is -1.56. The van der Waals surface area contributed by atoms with Crippen LogP contribution in [0.2, 0.25) is 0 Å². The maximum Gasteiger partial charge on any atom is 0.259 e. The number of rotatable bonds is 3. The first-order valence-corrected chi connectivity index (χ1v) is 7.48. The lowest BCUT2D eigenvalue weighted by Crippen LogP contribution is -2.31. The zero-order chi connectivity index (χ0) is 14.7. The van der Waals surface area contributed by atoms with Crippen molar-refractivity contribution >= 4 is 34.2 Å². The third-order valence-electron chi connectivity index (χ3n) is 3.15. The molecule has 0 unspecified atom stereocenters. The van der Waals surface area contributed by atoms with Crippen molar-refractivity contribution in [2.45, 2.75) is 13.8 Å². The zero-order valence-electron chi connectivity index (χ0n) is 11.4. The molecule has 2 aromatic carbocycles. The minimum Gasteiger partial charge on any atom is -0.508 e. The van der Waals surface area contributed by atoms with Crippen LogP contribution < -0.4 is 4.90 Å². The molecule has 0 aliphatic carbocycles. The molecule has 0 aliphatic heterocycles. The van der Waals surface area contributed by atoms with E-state index >= 15 is 0 Å². The number of nitrogens with zero attached hydrogens (tertiary/aromatic N) is 1. The quantitative estimate of drug-likeness (QED) is 0.818. The number of carbonyl (C=O) groups is 1. The molecule has 104 valence electrons. The highest BCUT2D eigenvalue weighted by Gasteiger charge is 2.19. The van der Waals surface area contributed by atoms with Crippen molar-refractivity contribution in [1.29, 1.82) is 0 Å². The van der Waals surface area contributed by atoms with Gasteiger partial charge < -0.3 is 10.0 Å². The molecule has 0 aromatic heterocycles. The van der Waals surface area contributed by atoms with E-state index in [0.29, 0.717) is 12.1 Å². The Labute approximate surface area is 132 Å². The fraction of sp³-hybridized carbons (Fsp3) is 0.188. The lowest BCUT2D eigenvalue weighted by atomic mass is 10.1. The van der Waals surface area contributed by atoms with E-state index in [1.165, 1.54) is 0 Å². The van der Waals surface area contributed by atoms with Gasteiger partial charge in [-0.05, 0) is 60.2 Å². The van der Waals surface area contributed by atoms with E-state index in [1.54, 1.807) is 17.0 Å². The second-order valence-electron chi connectivity index (χ2n) is 4.50. The van der Waals surface area contributed by atoms with E-state index in [9.17, 15) is 9.90 Å². The van der Waals surface area contributed by atoms with Gasteiger partial charge in [0.25, 0.3) is 5.91 Å². The van der Waals surface area contributed by atoms with Gasteiger partial charge in [0.05, 0.1) is 11.3 Å². The molecule has 3 nitrogen and oxygen atoms in total. The monoisotopic (exact) mass is 381 g/mol. The van der Waals surface area contributed by atoms with Crippen LogP contribution in [0.1, 0.15) is 22.8 Å². The Morgan fingerprint density at radius 3 is 2.60 bits per heavy atom. The number of phenolic OH excluding ortho intramolecular Hbond substituents is 1. The molecule has 0 fully saturated rings. The summed E-state index contributed by atoms with van der Waals surface area (Å²) in [5.41, 5.74) is 2.39. The van der Waals surface area contributed by atoms with Crippen molar-refractivity contribution in [1.82, 2.24) is 0 Å². The zero-order valence-corrected chi connectivity index (χ0v) is 13.6. The summed E-state index contributed by atoms with van der Waals surface area (Å²) >= 11 is 2.16. The SMILES string of the molecule is CCN(C(=O)c1ccccc1I)c1cc(O)ccc1C. The number of amides is 1. The first kappa shape index (κ1) is 14.8. The number of hydrogen-bond acceptors (Lipinski definition) is 2. The fourth-order valence-corrected chi connectivity index (χ4v) is 2.71. The van der Waals surface area contributed by atoms with Crippen molar-refractivity contribution in [2.75, 3.05) is 11.4 Å². The summed E-state index contributed by atoms with van der Waals surface area (Å²) in [6, 6.07) is 12.6. The standard InChI is InChI=1S/C16H16INO2/c1-3-18(15-10-12(19)9-8-11(15)2)16(20)13-6-4-5-7-14(13)17/h4-10,19H,3H2,1-2H3. The van der Waals surface area contributed by atoms with Crippen molar-refractivity contribution in [3.05, 3.63) is 57.2 Å². The molecule has 0 bridgehead atoms. The maximum absolute atomic E-state index is 12.7. The van der Waals surface area contributed by atoms with E-state index in [-0.39, 0.29) is 11.7 Å². The Morgan fingerprint density at radius 1 is 1.25 bits per heavy atom. The van der Waals surface area contributed by atoms with Crippen molar-refractivity contribution in [3.63, 3.8) is 0 Å². The first-order chi connectivity index (χ1) is 9.54. The van der Waals surface area contributed by atoms with Gasteiger partial charge in [-0.1, -0.05) is 18.2 Å². The molecule has 1 N–H and O–H groups in total. The van der Waals surface area contributed by atoms with Crippen LogP contribution >= 0.6 is 22.6 Å². The number of benzene rings is 2. The van der Waals surface area contributed by atoms with Crippen LogP contribution in [0.15, 0.2) is 42.5 Å². The molecule has 0 aliphatic rings. The highest BCUT2D eigenvalue weighted by atomic mass is 127. The van der Waals surface area contributed by atoms with E-state index in [1.807, 2.05) is 44.2 Å². The predicted molar refractivity (Wildman–Crippen MR) is 89.4 cm³/mol. The highest BCUT2D eigenvalue weighted by molar-refractivity contribution is 14.1. The number of halogens is 1. The normalized spacial score (nSPS) is 10.3. The molecular weight excluding hydrogens is 365 g/mol. The maximum atomic E-state index is 12.7. The lowest BCUT2D eigenvalue weighted by molar-refractivity contribution is 0.0987. The van der Waals surface area contributed by atoms with E-state index < -0.39 is 0 Å². The smallest absolute Gasteiger partial charge is 0.259 e. The fourth-order valence-electron chi connectivity index (χ4n) is 2.09. The number of phenols is 1. The second-order valence-corrected chi connectivity index (χ2v) is 5.66. The van der Waals surface area contributed by atoms with Crippen molar-refractivity contribution < 1.29 is 9.90 Å². The van der Waals surface area contributed by atoms with Crippen LogP contribution in [0.4, 0.5) is 5.69 Å². The molecule has 0 saturated heterocycles. The van der Waals surface area contributed by atoms with Crippen molar-refractivity contribution in [3.8, 4) is 5.75 Å². The van der Waals surface area contributed by atoms with Crippen molar-refractivity contribution in [2.24, 2.45) is 0 Å². The minimum atomic E-state index is -0.0498. The predicted octanol–water partition coefficient (Wildman–Crippen LogP) is 3.97. The largest absolute Gasteiger partial charge is 0.508 e. The van der Waals surface area contributed by atoms with E-state index in [4.69, 9.17) is 0 Å². The molecule has 0 radical (unpaired) electrons. The van der Waals surface area contributed by atoms with Gasteiger partial charge in [-0.3, -0.25) is 4.79 Å². The van der Waals surface area contributed by atoms with Gasteiger partial charge in [0.1, 0.15) is 5.75 Å². The van der Waals surface area contributed by atoms with Gasteiger partial charge >= 0.3 is 0 Å². The molecule has 0 atom stereocenters. The summed E-state index contributed by atoms with van der Waals surface area (Å²) in [4.78, 5) is 14.4. The Kier molecular flexibility index (Phi) is 4.65. The minimum absolute atomic E-state index is 0.0498. The number of carbonyl (C=O) groups excluding carboxylic acids is 1. The Balaban J connectivity index is 2.45. The third kappa shape index (κ3) is 2.95. The van der Waals surface area contributed by atoms with Gasteiger partial charge in [-0.15, -0.1) is 0 Å². The molecule has 0 saturated carbocycles. The van der Waals surface area contributed by atoms with Crippen LogP contribution in [0.25, 0.3) is 0 Å². The number of aryl methyl sites for hydroxylation is 1. The van der Waals surface area contributed by atoms with Gasteiger partial charge in [0, 0.05) is 16.2 Å². The van der Waals surface area contributed by atoms with Gasteiger partial charge in [0.2, 0.25) is 0 Å². The van der Waals surface area contributed by atoms with Crippen LogP contribution in [0.3, 0.4) is 0 Å². The number of hydrogen-bond donors (Lipinski definition) is 1. The molecule has 2 aromatic rings. The third-order valence-corrected chi connectivity index (χ3v) is 4.09. The van der Waals surface area contributed by atoms with Gasteiger partial charge in [0.15, 0.2) is 0 Å². The van der Waals surface area contributed by atoms with Crippen LogP contribution in [0, 0.1) is 10.5 Å². The second kappa shape index (κ2) is 6.26. The molecule has 0 heterocycles. The van der Waals surface area contributed by atoms with Crippen LogP contribution in [-0.2, 0) is 0 Å². The summed E-state index contributed by atoms with van der Waals surface area (Å²) < 4.78 is 0.923. The van der Waals surface area contributed by atoms with Gasteiger partial charge in [-0.25, -0.2) is 0 Å². The summed E-state index contributed by atoms with van der Waals surface area (Å²) in [6.07, 6.45) is 0. The summed E-state index contributed by atoms with van der Waals surface area (Å²) in [6.45, 7) is 4.41. The average Bonchev–Trinajstić information content (AvgIpc) is 2.44. The topological polar surface area (TPSA) is 40.5 Å². The molecule has 2 rings (SSSR count).